The molecular formula is C7H14O. The highest BCUT2D eigenvalue weighted by molar-refractivity contribution is 4.84. The summed E-state index contributed by atoms with van der Waals surface area (Å²) in [5.74, 6) is 0.0856. The Morgan fingerprint density at radius 3 is 2.62 bits per heavy atom. The maximum Gasteiger partial charge on any atom is 0.0645 e. The molecule has 0 spiro atoms. The molecule has 1 N–H and O–H groups in total. The first-order valence-electron chi connectivity index (χ1n) is 4.06. The van der Waals surface area contributed by atoms with Gasteiger partial charge in [-0.05, 0) is 25.7 Å². The smallest absolute Gasteiger partial charge is 0.0645 e. The largest absolute Gasteiger partial charge is 0.390 e. The van der Waals surface area contributed by atoms with Crippen LogP contribution in [0.3, 0.4) is 0 Å². The van der Waals surface area contributed by atoms with Crippen LogP contribution in [0.4, 0.5) is 0 Å². The lowest BCUT2D eigenvalue weighted by Crippen LogP contribution is -2.26. The fourth-order valence-corrected chi connectivity index (χ4v) is 0.936. The molecule has 0 aliphatic heterocycles. The van der Waals surface area contributed by atoms with Crippen molar-refractivity contribution in [3.05, 3.63) is 0 Å². The van der Waals surface area contributed by atoms with Gasteiger partial charge in [-0.1, -0.05) is 13.3 Å². The van der Waals surface area contributed by atoms with Crippen LogP contribution < -0.4 is 0 Å². The maximum absolute atomic E-state index is 9.56. The molecule has 1 saturated carbocycles. The molecule has 48 valence electrons. The second kappa shape index (κ2) is 1.73. The molecule has 1 fully saturated rings. The third-order valence-electron chi connectivity index (χ3n) is 2.00. The van der Waals surface area contributed by atoms with Crippen molar-refractivity contribution in [1.82, 2.24) is 0 Å². The third-order valence-corrected chi connectivity index (χ3v) is 2.00. The minimum absolute atomic E-state index is 0.0856. The molecule has 0 amide bonds. The van der Waals surface area contributed by atoms with Gasteiger partial charge in [0.1, 0.15) is 0 Å². The van der Waals surface area contributed by atoms with Gasteiger partial charge in [0.05, 0.1) is 5.60 Å². The quantitative estimate of drug-likeness (QED) is 0.509. The molecule has 1 nitrogen and oxygen atoms in total. The van der Waals surface area contributed by atoms with E-state index in [-0.39, 0.29) is 12.3 Å². The van der Waals surface area contributed by atoms with Crippen molar-refractivity contribution in [3.8, 4) is 0 Å². The van der Waals surface area contributed by atoms with Gasteiger partial charge in [0.15, 0.2) is 0 Å². The predicted molar refractivity (Wildman–Crippen MR) is 33.6 cm³/mol. The van der Waals surface area contributed by atoms with Crippen LogP contribution in [0.25, 0.3) is 0 Å². The zero-order valence-corrected chi connectivity index (χ0v) is 5.44. The Morgan fingerprint density at radius 2 is 2.50 bits per heavy atom. The summed E-state index contributed by atoms with van der Waals surface area (Å²) >= 11 is 0. The van der Waals surface area contributed by atoms with E-state index in [1.165, 1.54) is 0 Å². The summed E-state index contributed by atoms with van der Waals surface area (Å²) in [5.41, 5.74) is -0.788. The van der Waals surface area contributed by atoms with E-state index in [9.17, 15) is 5.11 Å². The summed E-state index contributed by atoms with van der Waals surface area (Å²) in [7, 11) is 0. The Hall–Kier alpha value is -0.0400. The van der Waals surface area contributed by atoms with Crippen LogP contribution in [-0.2, 0) is 0 Å². The first kappa shape index (κ1) is 3.89. The maximum atomic E-state index is 9.56. The molecule has 0 radical (unpaired) electrons. The average Bonchev–Trinajstić information content (AvgIpc) is 1.73. The molecule has 0 saturated heterocycles. The molecule has 0 aromatic heterocycles. The first-order chi connectivity index (χ1) is 4.33. The van der Waals surface area contributed by atoms with Gasteiger partial charge in [-0.25, -0.2) is 0 Å². The van der Waals surface area contributed by atoms with Crippen molar-refractivity contribution in [2.45, 2.75) is 38.7 Å². The van der Waals surface area contributed by atoms with Crippen molar-refractivity contribution >= 4 is 0 Å². The highest BCUT2D eigenvalue weighted by atomic mass is 16.3. The van der Waals surface area contributed by atoms with Crippen molar-refractivity contribution in [3.63, 3.8) is 0 Å². The molecule has 0 unspecified atom stereocenters. The van der Waals surface area contributed by atoms with Crippen molar-refractivity contribution in [2.24, 2.45) is 5.92 Å². The Morgan fingerprint density at radius 1 is 1.88 bits per heavy atom. The molecular weight excluding hydrogens is 100 g/mol. The SMILES string of the molecule is [2H]C1([2H])C[C@H](C)[C@](C)(O)C1. The number of hydrogen-bond acceptors (Lipinski definition) is 1. The third kappa shape index (κ3) is 0.873. The summed E-state index contributed by atoms with van der Waals surface area (Å²) in [6, 6.07) is 0. The summed E-state index contributed by atoms with van der Waals surface area (Å²) in [6.45, 7) is 3.60. The highest BCUT2D eigenvalue weighted by Gasteiger charge is 2.32. The predicted octanol–water partition coefficient (Wildman–Crippen LogP) is 1.56. The van der Waals surface area contributed by atoms with Crippen molar-refractivity contribution in [1.29, 1.82) is 0 Å². The number of hydrogen-bond donors (Lipinski definition) is 1. The van der Waals surface area contributed by atoms with Crippen LogP contribution in [0.5, 0.6) is 0 Å². The van der Waals surface area contributed by atoms with Gasteiger partial charge in [0.2, 0.25) is 0 Å². The van der Waals surface area contributed by atoms with Gasteiger partial charge < -0.3 is 5.11 Å². The van der Waals surface area contributed by atoms with E-state index in [1.54, 1.807) is 6.92 Å². The van der Waals surface area contributed by atoms with Gasteiger partial charge in [0, 0.05) is 2.74 Å². The molecule has 1 heteroatoms. The Labute approximate surface area is 53.5 Å². The van der Waals surface area contributed by atoms with E-state index in [0.717, 1.165) is 0 Å². The van der Waals surface area contributed by atoms with Gasteiger partial charge in [-0.15, -0.1) is 0 Å². The van der Waals surface area contributed by atoms with E-state index in [1.807, 2.05) is 6.92 Å². The lowest BCUT2D eigenvalue weighted by molar-refractivity contribution is 0.0284. The van der Waals surface area contributed by atoms with Crippen LogP contribution >= 0.6 is 0 Å². The minimum Gasteiger partial charge on any atom is -0.390 e. The standard InChI is InChI=1S/C7H14O/c1-6-4-3-5-7(6,2)8/h6,8H,3-5H2,1-2H3/t6-,7+/m0/s1/i3D2. The lowest BCUT2D eigenvalue weighted by atomic mass is 9.95. The van der Waals surface area contributed by atoms with Gasteiger partial charge >= 0.3 is 0 Å². The van der Waals surface area contributed by atoms with E-state index < -0.39 is 12.0 Å². The second-order valence-corrected chi connectivity index (χ2v) is 2.89. The van der Waals surface area contributed by atoms with E-state index >= 15 is 0 Å². The molecule has 0 heterocycles. The van der Waals surface area contributed by atoms with Gasteiger partial charge in [0.25, 0.3) is 0 Å². The summed E-state index contributed by atoms with van der Waals surface area (Å²) in [6.07, 6.45) is -0.385. The molecule has 0 aromatic carbocycles. The minimum atomic E-state index is -1.15. The highest BCUT2D eigenvalue weighted by Crippen LogP contribution is 2.34. The van der Waals surface area contributed by atoms with Crippen LogP contribution in [-0.4, -0.2) is 10.7 Å². The number of aliphatic hydroxyl groups is 1. The molecule has 8 heavy (non-hydrogen) atoms. The summed E-state index contributed by atoms with van der Waals surface area (Å²) in [4.78, 5) is 0. The summed E-state index contributed by atoms with van der Waals surface area (Å²) in [5, 5.41) is 9.56. The Balaban J connectivity index is 2.71. The zero-order valence-electron chi connectivity index (χ0n) is 7.44. The first-order valence-corrected chi connectivity index (χ1v) is 3.06. The molecule has 0 aromatic rings. The van der Waals surface area contributed by atoms with E-state index in [0.29, 0.717) is 6.42 Å². The van der Waals surface area contributed by atoms with Crippen molar-refractivity contribution < 1.29 is 7.85 Å². The number of rotatable bonds is 0. The topological polar surface area (TPSA) is 20.2 Å². The van der Waals surface area contributed by atoms with Crippen LogP contribution in [0, 0.1) is 5.92 Å². The Kier molecular flexibility index (Phi) is 0.840. The van der Waals surface area contributed by atoms with Gasteiger partial charge in [-0.3, -0.25) is 0 Å². The monoisotopic (exact) mass is 116 g/mol. The van der Waals surface area contributed by atoms with Crippen LogP contribution in [0.2, 0.25) is 0 Å². The lowest BCUT2D eigenvalue weighted by Gasteiger charge is -2.20. The second-order valence-electron chi connectivity index (χ2n) is 2.89. The molecule has 1 aliphatic carbocycles. The van der Waals surface area contributed by atoms with Gasteiger partial charge in [-0.2, -0.15) is 0 Å². The fraction of sp³-hybridized carbons (Fsp3) is 1.00. The Bertz CT molecular complexity index is 143. The normalized spacial score (nSPS) is 57.6. The van der Waals surface area contributed by atoms with Crippen LogP contribution in [0.15, 0.2) is 0 Å². The van der Waals surface area contributed by atoms with Crippen molar-refractivity contribution in [2.75, 3.05) is 0 Å². The summed E-state index contributed by atoms with van der Waals surface area (Å²) < 4.78 is 14.8. The molecule has 0 bridgehead atoms. The van der Waals surface area contributed by atoms with E-state index in [4.69, 9.17) is 2.74 Å². The average molecular weight is 116 g/mol. The zero-order chi connectivity index (χ0) is 7.99. The van der Waals surface area contributed by atoms with Crippen LogP contribution in [0.1, 0.15) is 35.8 Å². The van der Waals surface area contributed by atoms with E-state index in [2.05, 4.69) is 0 Å². The molecule has 1 rings (SSSR count). The fourth-order valence-electron chi connectivity index (χ4n) is 0.936. The molecule has 1 aliphatic rings. The molecule has 2 atom stereocenters.